The van der Waals surface area contributed by atoms with Crippen molar-refractivity contribution in [3.05, 3.63) is 35.0 Å². The van der Waals surface area contributed by atoms with E-state index < -0.39 is 0 Å². The lowest BCUT2D eigenvalue weighted by Gasteiger charge is -2.31. The quantitative estimate of drug-likeness (QED) is 0.840. The number of carbonyl (C=O) groups excluding carboxylic acids is 2. The Morgan fingerprint density at radius 2 is 2.15 bits per heavy atom. The molecule has 2 aliphatic rings. The van der Waals surface area contributed by atoms with E-state index >= 15 is 0 Å². The van der Waals surface area contributed by atoms with E-state index in [1.54, 1.807) is 0 Å². The van der Waals surface area contributed by atoms with Gasteiger partial charge in [-0.25, -0.2) is 0 Å². The molecule has 2 aromatic rings. The fraction of sp³-hybridized carbons (Fsp3) is 0.545. The van der Waals surface area contributed by atoms with Gasteiger partial charge in [0, 0.05) is 35.2 Å². The predicted octanol–water partition coefficient (Wildman–Crippen LogP) is 3.71. The second kappa shape index (κ2) is 7.37. The van der Waals surface area contributed by atoms with Crippen LogP contribution in [0, 0.1) is 11.8 Å². The Kier molecular flexibility index (Phi) is 4.94. The molecule has 5 nitrogen and oxygen atoms in total. The molecule has 1 aromatic carbocycles. The number of rotatable bonds is 3. The average molecular weight is 368 g/mol. The maximum Gasteiger partial charge on any atom is 0.310 e. The number of benzene rings is 1. The summed E-state index contributed by atoms with van der Waals surface area (Å²) in [6.45, 7) is 5.65. The minimum Gasteiger partial charge on any atom is -0.466 e. The first-order chi connectivity index (χ1) is 13.1. The summed E-state index contributed by atoms with van der Waals surface area (Å²) >= 11 is 0. The molecular formula is C22H28N2O3. The molecule has 5 heteroatoms. The molecule has 0 bridgehead atoms. The minimum atomic E-state index is -0.202. The molecular weight excluding hydrogens is 340 g/mol. The zero-order valence-corrected chi connectivity index (χ0v) is 16.2. The third-order valence-electron chi connectivity index (χ3n) is 6.01. The lowest BCUT2D eigenvalue weighted by Crippen LogP contribution is -2.42. The minimum absolute atomic E-state index is 0.0182. The fourth-order valence-corrected chi connectivity index (χ4v) is 4.52. The van der Waals surface area contributed by atoms with Crippen LogP contribution >= 0.6 is 0 Å². The van der Waals surface area contributed by atoms with Gasteiger partial charge in [0.05, 0.1) is 12.5 Å². The zero-order chi connectivity index (χ0) is 19.0. The van der Waals surface area contributed by atoms with E-state index in [1.807, 2.05) is 30.0 Å². The summed E-state index contributed by atoms with van der Waals surface area (Å²) < 4.78 is 5.15. The van der Waals surface area contributed by atoms with Crippen molar-refractivity contribution in [2.75, 3.05) is 19.7 Å². The van der Waals surface area contributed by atoms with Crippen LogP contribution in [-0.4, -0.2) is 41.5 Å². The first-order valence-corrected chi connectivity index (χ1v) is 10.2. The van der Waals surface area contributed by atoms with Crippen LogP contribution in [0.4, 0.5) is 0 Å². The molecule has 4 rings (SSSR count). The molecule has 0 saturated carbocycles. The number of likely N-dealkylation sites (tertiary alicyclic amines) is 1. The molecule has 1 fully saturated rings. The van der Waals surface area contributed by atoms with Crippen LogP contribution in [0.5, 0.6) is 0 Å². The van der Waals surface area contributed by atoms with Crippen molar-refractivity contribution in [3.8, 4) is 0 Å². The number of hydrogen-bond donors (Lipinski definition) is 1. The van der Waals surface area contributed by atoms with Gasteiger partial charge in [-0.1, -0.05) is 6.92 Å². The number of nitrogens with one attached hydrogen (secondary N) is 1. The van der Waals surface area contributed by atoms with Crippen LogP contribution in [0.1, 0.15) is 54.7 Å². The fourth-order valence-electron chi connectivity index (χ4n) is 4.52. The molecule has 27 heavy (non-hydrogen) atoms. The van der Waals surface area contributed by atoms with Crippen molar-refractivity contribution in [1.29, 1.82) is 0 Å². The van der Waals surface area contributed by atoms with E-state index in [4.69, 9.17) is 4.74 Å². The highest BCUT2D eigenvalue weighted by molar-refractivity contribution is 5.99. The first kappa shape index (κ1) is 18.1. The topological polar surface area (TPSA) is 62.4 Å². The highest BCUT2D eigenvalue weighted by Gasteiger charge is 2.30. The third-order valence-corrected chi connectivity index (χ3v) is 6.01. The van der Waals surface area contributed by atoms with Crippen molar-refractivity contribution >= 4 is 22.8 Å². The predicted molar refractivity (Wildman–Crippen MR) is 105 cm³/mol. The maximum absolute atomic E-state index is 13.1. The molecule has 1 aliphatic heterocycles. The number of nitrogens with zero attached hydrogens (tertiary/aromatic N) is 1. The first-order valence-electron chi connectivity index (χ1n) is 10.2. The molecule has 1 N–H and O–H groups in total. The number of H-pyrrole nitrogens is 1. The van der Waals surface area contributed by atoms with Crippen LogP contribution in [0.3, 0.4) is 0 Å². The molecule has 0 radical (unpaired) electrons. The van der Waals surface area contributed by atoms with Crippen LogP contribution < -0.4 is 0 Å². The second-order valence-corrected chi connectivity index (χ2v) is 8.03. The summed E-state index contributed by atoms with van der Waals surface area (Å²) in [6, 6.07) is 5.97. The van der Waals surface area contributed by atoms with E-state index in [0.29, 0.717) is 31.2 Å². The summed E-state index contributed by atoms with van der Waals surface area (Å²) in [6.07, 6.45) is 5.01. The molecule has 144 valence electrons. The van der Waals surface area contributed by atoms with E-state index in [2.05, 4.69) is 11.9 Å². The summed E-state index contributed by atoms with van der Waals surface area (Å²) in [5, 5.41) is 1.18. The number of hydrogen-bond acceptors (Lipinski definition) is 3. The molecule has 1 saturated heterocycles. The number of carbonyl (C=O) groups is 2. The Bertz CT molecular complexity index is 870. The molecule has 2 heterocycles. The number of esters is 1. The van der Waals surface area contributed by atoms with Gasteiger partial charge in [0.1, 0.15) is 0 Å². The van der Waals surface area contributed by atoms with Gasteiger partial charge in [-0.2, -0.15) is 0 Å². The lowest BCUT2D eigenvalue weighted by molar-refractivity contribution is -0.149. The van der Waals surface area contributed by atoms with Crippen molar-refractivity contribution in [3.63, 3.8) is 0 Å². The van der Waals surface area contributed by atoms with Crippen molar-refractivity contribution in [2.45, 2.75) is 46.0 Å². The molecule has 1 aliphatic carbocycles. The Hall–Kier alpha value is -2.30. The summed E-state index contributed by atoms with van der Waals surface area (Å²) in [5.74, 6) is 0.319. The second-order valence-electron chi connectivity index (χ2n) is 8.03. The van der Waals surface area contributed by atoms with E-state index in [1.165, 1.54) is 23.1 Å². The van der Waals surface area contributed by atoms with Gasteiger partial charge >= 0.3 is 5.97 Å². The molecule has 0 unspecified atom stereocenters. The smallest absolute Gasteiger partial charge is 0.310 e. The van der Waals surface area contributed by atoms with Crippen molar-refractivity contribution in [2.24, 2.45) is 11.8 Å². The zero-order valence-electron chi connectivity index (χ0n) is 16.2. The average Bonchev–Trinajstić information content (AvgIpc) is 3.05. The van der Waals surface area contributed by atoms with E-state index in [0.717, 1.165) is 31.2 Å². The Labute approximate surface area is 160 Å². The number of piperidine rings is 1. The Morgan fingerprint density at radius 1 is 1.30 bits per heavy atom. The normalized spacial score (nSPS) is 22.5. The Balaban J connectivity index is 1.57. The van der Waals surface area contributed by atoms with Gasteiger partial charge in [-0.3, -0.25) is 9.59 Å². The summed E-state index contributed by atoms with van der Waals surface area (Å²) in [5.41, 5.74) is 4.54. The van der Waals surface area contributed by atoms with Crippen molar-refractivity contribution in [1.82, 2.24) is 9.88 Å². The highest BCUT2D eigenvalue weighted by Crippen LogP contribution is 2.32. The van der Waals surface area contributed by atoms with Crippen LogP contribution in [0.2, 0.25) is 0 Å². The Morgan fingerprint density at radius 3 is 2.96 bits per heavy atom. The number of aryl methyl sites for hydroxylation is 1. The number of aromatic nitrogens is 1. The number of amides is 1. The number of fused-ring (bicyclic) bond motifs is 3. The largest absolute Gasteiger partial charge is 0.466 e. The van der Waals surface area contributed by atoms with Crippen LogP contribution in [-0.2, 0) is 22.4 Å². The van der Waals surface area contributed by atoms with Gasteiger partial charge in [0.25, 0.3) is 5.91 Å². The number of aromatic amines is 1. The van der Waals surface area contributed by atoms with Crippen molar-refractivity contribution < 1.29 is 14.3 Å². The molecule has 1 aromatic heterocycles. The number of ether oxygens (including phenoxy) is 1. The van der Waals surface area contributed by atoms with E-state index in [9.17, 15) is 9.59 Å². The molecule has 2 atom stereocenters. The SMILES string of the molecule is CCOC(=O)[C@H]1CCCN(C(=O)c2ccc3[nH]c4c(c3c2)C[C@H](C)CC4)C1. The van der Waals surface area contributed by atoms with Gasteiger partial charge in [0.2, 0.25) is 0 Å². The highest BCUT2D eigenvalue weighted by atomic mass is 16.5. The van der Waals surface area contributed by atoms with E-state index in [-0.39, 0.29) is 17.8 Å². The van der Waals surface area contributed by atoms with Gasteiger partial charge in [-0.05, 0) is 68.7 Å². The van der Waals surface area contributed by atoms with Crippen LogP contribution in [0.25, 0.3) is 10.9 Å². The molecule has 0 spiro atoms. The maximum atomic E-state index is 13.1. The summed E-state index contributed by atoms with van der Waals surface area (Å²) in [4.78, 5) is 30.5. The third kappa shape index (κ3) is 3.47. The van der Waals surface area contributed by atoms with Crippen LogP contribution in [0.15, 0.2) is 18.2 Å². The monoisotopic (exact) mass is 368 g/mol. The molecule has 1 amide bonds. The van der Waals surface area contributed by atoms with Gasteiger partial charge in [-0.15, -0.1) is 0 Å². The van der Waals surface area contributed by atoms with Gasteiger partial charge < -0.3 is 14.6 Å². The summed E-state index contributed by atoms with van der Waals surface area (Å²) in [7, 11) is 0. The lowest BCUT2D eigenvalue weighted by atomic mass is 9.87. The van der Waals surface area contributed by atoms with Gasteiger partial charge in [0.15, 0.2) is 0 Å². The standard InChI is InChI=1S/C22H28N2O3/c1-3-27-22(26)16-5-4-10-24(13-16)21(25)15-7-9-20-18(12-15)17-11-14(2)6-8-19(17)23-20/h7,9,12,14,16,23H,3-6,8,10-11,13H2,1-2H3/t14-,16+/m1/s1.